The van der Waals surface area contributed by atoms with Gasteiger partial charge in [-0.25, -0.2) is 8.42 Å². The third-order valence-electron chi connectivity index (χ3n) is 7.47. The number of para-hydroxylation sites is 1. The number of sulfonamides is 1. The van der Waals surface area contributed by atoms with Crippen LogP contribution in [0.3, 0.4) is 0 Å². The van der Waals surface area contributed by atoms with E-state index < -0.39 is 28.5 Å². The Hall–Kier alpha value is -3.95. The first-order valence-corrected chi connectivity index (χ1v) is 17.3. The highest BCUT2D eigenvalue weighted by molar-refractivity contribution is 9.10. The van der Waals surface area contributed by atoms with Crippen molar-refractivity contribution in [2.24, 2.45) is 5.92 Å². The van der Waals surface area contributed by atoms with Crippen LogP contribution in [0.5, 0.6) is 0 Å². The lowest BCUT2D eigenvalue weighted by Gasteiger charge is -2.34. The van der Waals surface area contributed by atoms with Gasteiger partial charge in [0.2, 0.25) is 11.8 Å². The molecule has 4 rings (SSSR count). The molecule has 0 aliphatic heterocycles. The number of nitrogens with zero attached hydrogens (tertiary/aromatic N) is 2. The van der Waals surface area contributed by atoms with E-state index in [1.807, 2.05) is 87.5 Å². The number of amides is 2. The molecule has 0 fully saturated rings. The molecule has 4 aromatic carbocycles. The third kappa shape index (κ3) is 9.05. The second-order valence-electron chi connectivity index (χ2n) is 11.3. The number of aryl methyl sites for hydroxylation is 1. The fourth-order valence-electron chi connectivity index (χ4n) is 5.05. The number of carbonyl (C=O) groups is 2. The Balaban J connectivity index is 1.81. The van der Waals surface area contributed by atoms with Gasteiger partial charge in [0.25, 0.3) is 10.0 Å². The predicted molar refractivity (Wildman–Crippen MR) is 183 cm³/mol. The second-order valence-corrected chi connectivity index (χ2v) is 14.1. The Bertz CT molecular complexity index is 1660. The number of benzene rings is 4. The third-order valence-corrected chi connectivity index (χ3v) is 9.78. The number of anilines is 1. The summed E-state index contributed by atoms with van der Waals surface area (Å²) in [5.74, 6) is -0.563. The number of hydrogen-bond donors (Lipinski definition) is 1. The molecule has 0 aliphatic rings. The number of carbonyl (C=O) groups excluding carboxylic acids is 2. The van der Waals surface area contributed by atoms with Crippen LogP contribution >= 0.6 is 15.9 Å². The van der Waals surface area contributed by atoms with Crippen molar-refractivity contribution >= 4 is 43.5 Å². The Morgan fingerprint density at radius 1 is 0.800 bits per heavy atom. The minimum absolute atomic E-state index is 0.0821. The van der Waals surface area contributed by atoms with E-state index in [9.17, 15) is 18.0 Å². The van der Waals surface area contributed by atoms with Crippen molar-refractivity contribution in [1.82, 2.24) is 10.2 Å². The van der Waals surface area contributed by atoms with Gasteiger partial charge in [-0.1, -0.05) is 116 Å². The molecule has 0 aliphatic carbocycles. The maximum atomic E-state index is 14.6. The van der Waals surface area contributed by atoms with E-state index >= 15 is 0 Å². The molecule has 1 N–H and O–H groups in total. The van der Waals surface area contributed by atoms with Crippen molar-refractivity contribution in [2.45, 2.75) is 51.1 Å². The molecule has 0 saturated carbocycles. The molecule has 9 heteroatoms. The minimum atomic E-state index is -4.14. The average Bonchev–Trinajstić information content (AvgIpc) is 3.05. The van der Waals surface area contributed by atoms with Crippen molar-refractivity contribution in [3.63, 3.8) is 0 Å². The van der Waals surface area contributed by atoms with Crippen LogP contribution in [0.4, 0.5) is 5.69 Å². The lowest BCUT2D eigenvalue weighted by atomic mass is 10.0. The monoisotopic (exact) mass is 689 g/mol. The molecule has 0 aromatic heterocycles. The normalized spacial score (nSPS) is 12.0. The molecule has 0 spiro atoms. The van der Waals surface area contributed by atoms with Gasteiger partial charge in [-0.2, -0.15) is 0 Å². The number of halogens is 1. The Morgan fingerprint density at radius 2 is 1.40 bits per heavy atom. The summed E-state index contributed by atoms with van der Waals surface area (Å²) < 4.78 is 30.5. The molecule has 0 unspecified atom stereocenters. The first-order chi connectivity index (χ1) is 21.6. The SMILES string of the molecule is CCc1ccccc1N(CC(=O)N(Cc1ccc(Br)cc1)[C@@H](Cc1ccccc1)C(=O)NCC(C)C)S(=O)(=O)c1ccccc1. The van der Waals surface area contributed by atoms with Crippen LogP contribution in [-0.2, 0) is 39.0 Å². The Kier molecular flexibility index (Phi) is 12.0. The zero-order valence-corrected chi connectivity index (χ0v) is 28.3. The molecule has 0 heterocycles. The topological polar surface area (TPSA) is 86.8 Å². The average molecular weight is 691 g/mol. The van der Waals surface area contributed by atoms with Gasteiger partial charge in [-0.3, -0.25) is 13.9 Å². The van der Waals surface area contributed by atoms with Gasteiger partial charge >= 0.3 is 0 Å². The first-order valence-electron chi connectivity index (χ1n) is 15.1. The standard InChI is InChI=1S/C36H40BrN3O4S/c1-4-30-15-11-12-18-33(30)40(45(43,44)32-16-9-6-10-17-32)26-35(41)39(25-29-19-21-31(37)22-20-29)34(36(42)38-24-27(2)3)23-28-13-7-5-8-14-28/h5-22,27,34H,4,23-26H2,1-3H3,(H,38,42)/t34-/m0/s1. The van der Waals surface area contributed by atoms with Crippen LogP contribution in [0.1, 0.15) is 37.5 Å². The minimum Gasteiger partial charge on any atom is -0.354 e. The van der Waals surface area contributed by atoms with Crippen molar-refractivity contribution in [3.05, 3.63) is 130 Å². The van der Waals surface area contributed by atoms with E-state index in [2.05, 4.69) is 21.2 Å². The van der Waals surface area contributed by atoms with Crippen LogP contribution in [0.15, 0.2) is 119 Å². The Labute approximate surface area is 275 Å². The highest BCUT2D eigenvalue weighted by atomic mass is 79.9. The molecule has 4 aromatic rings. The van der Waals surface area contributed by atoms with E-state index in [1.165, 1.54) is 21.3 Å². The molecule has 0 saturated heterocycles. The summed E-state index contributed by atoms with van der Waals surface area (Å²) >= 11 is 3.47. The summed E-state index contributed by atoms with van der Waals surface area (Å²) in [5.41, 5.74) is 2.93. The molecule has 1 atom stereocenters. The molecular weight excluding hydrogens is 650 g/mol. The molecule has 0 bridgehead atoms. The van der Waals surface area contributed by atoms with Crippen LogP contribution < -0.4 is 9.62 Å². The molecule has 45 heavy (non-hydrogen) atoms. The fraction of sp³-hybridized carbons (Fsp3) is 0.278. The van der Waals surface area contributed by atoms with Crippen LogP contribution in [-0.4, -0.2) is 44.3 Å². The predicted octanol–water partition coefficient (Wildman–Crippen LogP) is 6.62. The smallest absolute Gasteiger partial charge is 0.264 e. The summed E-state index contributed by atoms with van der Waals surface area (Å²) in [4.78, 5) is 30.1. The number of rotatable bonds is 14. The van der Waals surface area contributed by atoms with E-state index in [0.29, 0.717) is 18.7 Å². The van der Waals surface area contributed by atoms with Gasteiger partial charge in [0.15, 0.2) is 0 Å². The second kappa shape index (κ2) is 15.9. The largest absolute Gasteiger partial charge is 0.354 e. The van der Waals surface area contributed by atoms with E-state index in [4.69, 9.17) is 0 Å². The summed E-state index contributed by atoms with van der Waals surface area (Å²) in [6.07, 6.45) is 0.839. The van der Waals surface area contributed by atoms with E-state index in [-0.39, 0.29) is 29.7 Å². The summed E-state index contributed by atoms with van der Waals surface area (Å²) in [6.45, 7) is 6.05. The van der Waals surface area contributed by atoms with E-state index in [0.717, 1.165) is 21.2 Å². The van der Waals surface area contributed by atoms with Gasteiger partial charge in [-0.15, -0.1) is 0 Å². The van der Waals surface area contributed by atoms with Gasteiger partial charge < -0.3 is 10.2 Å². The zero-order chi connectivity index (χ0) is 32.4. The van der Waals surface area contributed by atoms with Crippen molar-refractivity contribution in [1.29, 1.82) is 0 Å². The molecule has 0 radical (unpaired) electrons. The van der Waals surface area contributed by atoms with Crippen molar-refractivity contribution in [3.8, 4) is 0 Å². The van der Waals surface area contributed by atoms with Gasteiger partial charge in [0, 0.05) is 24.0 Å². The maximum absolute atomic E-state index is 14.6. The lowest BCUT2D eigenvalue weighted by molar-refractivity contribution is -0.140. The first kappa shape index (κ1) is 33.9. The highest BCUT2D eigenvalue weighted by Crippen LogP contribution is 2.28. The molecule has 2 amide bonds. The molecular formula is C36H40BrN3O4S. The van der Waals surface area contributed by atoms with Gasteiger partial charge in [-0.05, 0) is 59.4 Å². The van der Waals surface area contributed by atoms with Gasteiger partial charge in [0.1, 0.15) is 12.6 Å². The molecule has 236 valence electrons. The van der Waals surface area contributed by atoms with E-state index in [1.54, 1.807) is 30.3 Å². The Morgan fingerprint density at radius 3 is 2.02 bits per heavy atom. The van der Waals surface area contributed by atoms with Crippen LogP contribution in [0, 0.1) is 5.92 Å². The zero-order valence-electron chi connectivity index (χ0n) is 25.9. The summed E-state index contributed by atoms with van der Waals surface area (Å²) in [7, 11) is -4.14. The summed E-state index contributed by atoms with van der Waals surface area (Å²) in [6, 6.07) is 31.5. The number of hydrogen-bond acceptors (Lipinski definition) is 4. The fourth-order valence-corrected chi connectivity index (χ4v) is 6.79. The number of nitrogens with one attached hydrogen (secondary N) is 1. The maximum Gasteiger partial charge on any atom is 0.264 e. The molecule has 7 nitrogen and oxygen atoms in total. The highest BCUT2D eigenvalue weighted by Gasteiger charge is 2.35. The van der Waals surface area contributed by atoms with Crippen molar-refractivity contribution in [2.75, 3.05) is 17.4 Å². The van der Waals surface area contributed by atoms with Crippen LogP contribution in [0.25, 0.3) is 0 Å². The van der Waals surface area contributed by atoms with Gasteiger partial charge in [0.05, 0.1) is 10.6 Å². The summed E-state index contributed by atoms with van der Waals surface area (Å²) in [5, 5.41) is 3.02. The van der Waals surface area contributed by atoms with Crippen LogP contribution in [0.2, 0.25) is 0 Å². The lowest BCUT2D eigenvalue weighted by Crippen LogP contribution is -2.53. The van der Waals surface area contributed by atoms with Crippen molar-refractivity contribution < 1.29 is 18.0 Å². The quantitative estimate of drug-likeness (QED) is 0.161.